The zero-order valence-electron chi connectivity index (χ0n) is 10.4. The van der Waals surface area contributed by atoms with Crippen LogP contribution in [0.5, 0.6) is 11.5 Å². The maximum absolute atomic E-state index is 13.6. The predicted molar refractivity (Wildman–Crippen MR) is 64.2 cm³/mol. The Hall–Kier alpha value is -3.15. The summed E-state index contributed by atoms with van der Waals surface area (Å²) in [5, 5.41) is 19.1. The molecule has 0 saturated carbocycles. The molecule has 0 N–H and O–H groups in total. The van der Waals surface area contributed by atoms with Crippen LogP contribution in [0.4, 0.5) is 23.2 Å². The lowest BCUT2D eigenvalue weighted by molar-refractivity contribution is -0.388. The van der Waals surface area contributed by atoms with Gasteiger partial charge in [-0.1, -0.05) is 0 Å². The second-order valence-electron chi connectivity index (χ2n) is 3.95. The summed E-state index contributed by atoms with van der Waals surface area (Å²) in [4.78, 5) is 9.14. The third-order valence-electron chi connectivity index (χ3n) is 2.57. The number of nitriles is 1. The summed E-state index contributed by atoms with van der Waals surface area (Å²) in [5.74, 6) is -7.79. The number of nitrogens with zero attached hydrogens (tertiary/aromatic N) is 2. The van der Waals surface area contributed by atoms with Gasteiger partial charge >= 0.3 is 5.69 Å². The molecule has 112 valence electrons. The number of benzene rings is 2. The molecule has 0 saturated heterocycles. The summed E-state index contributed by atoms with van der Waals surface area (Å²) in [6, 6.07) is 4.24. The molecule has 0 unspecified atom stereocenters. The van der Waals surface area contributed by atoms with Crippen LogP contribution in [0.1, 0.15) is 5.56 Å². The monoisotopic (exact) mass is 312 g/mol. The second-order valence-corrected chi connectivity index (χ2v) is 3.95. The fourth-order valence-electron chi connectivity index (χ4n) is 1.56. The van der Waals surface area contributed by atoms with Crippen molar-refractivity contribution in [2.24, 2.45) is 0 Å². The van der Waals surface area contributed by atoms with Gasteiger partial charge in [0.25, 0.3) is 0 Å². The van der Waals surface area contributed by atoms with Crippen LogP contribution >= 0.6 is 0 Å². The average Bonchev–Trinajstić information content (AvgIpc) is 2.48. The van der Waals surface area contributed by atoms with Crippen molar-refractivity contribution in [3.63, 3.8) is 0 Å². The van der Waals surface area contributed by atoms with Crippen LogP contribution in [0.3, 0.4) is 0 Å². The highest BCUT2D eigenvalue weighted by Crippen LogP contribution is 2.34. The zero-order chi connectivity index (χ0) is 16.4. The van der Waals surface area contributed by atoms with Gasteiger partial charge in [0, 0.05) is 6.07 Å². The van der Waals surface area contributed by atoms with E-state index in [1.54, 1.807) is 0 Å². The molecule has 5 nitrogen and oxygen atoms in total. The molecule has 2 aromatic rings. The van der Waals surface area contributed by atoms with Crippen molar-refractivity contribution in [2.45, 2.75) is 0 Å². The third kappa shape index (κ3) is 2.67. The maximum Gasteiger partial charge on any atom is 0.311 e. The molecule has 0 atom stereocenters. The van der Waals surface area contributed by atoms with E-state index in [0.29, 0.717) is 0 Å². The van der Waals surface area contributed by atoms with Gasteiger partial charge in [0.05, 0.1) is 16.6 Å². The van der Waals surface area contributed by atoms with Crippen LogP contribution in [-0.2, 0) is 0 Å². The Morgan fingerprint density at radius 3 is 2.36 bits per heavy atom. The van der Waals surface area contributed by atoms with Gasteiger partial charge in [-0.15, -0.1) is 0 Å². The van der Waals surface area contributed by atoms with Crippen LogP contribution in [0.15, 0.2) is 24.3 Å². The first-order valence-corrected chi connectivity index (χ1v) is 5.54. The molecule has 0 spiro atoms. The number of rotatable bonds is 3. The molecular weight excluding hydrogens is 308 g/mol. The summed E-state index contributed by atoms with van der Waals surface area (Å²) in [7, 11) is 0. The molecular formula is C13H4F4N2O3. The van der Waals surface area contributed by atoms with Crippen molar-refractivity contribution >= 4 is 5.69 Å². The largest absolute Gasteiger partial charge is 0.451 e. The molecule has 22 heavy (non-hydrogen) atoms. The SMILES string of the molecule is N#Cc1cc(Oc2c(F)cc([N+](=O)[O-])c(F)c2F)ccc1F. The highest BCUT2D eigenvalue weighted by molar-refractivity contribution is 5.44. The summed E-state index contributed by atoms with van der Waals surface area (Å²) >= 11 is 0. The van der Waals surface area contributed by atoms with Gasteiger partial charge in [0.15, 0.2) is 5.82 Å². The zero-order valence-corrected chi connectivity index (χ0v) is 10.4. The lowest BCUT2D eigenvalue weighted by atomic mass is 10.2. The van der Waals surface area contributed by atoms with Crippen molar-refractivity contribution in [1.29, 1.82) is 5.26 Å². The van der Waals surface area contributed by atoms with Crippen LogP contribution in [0, 0.1) is 44.7 Å². The molecule has 0 radical (unpaired) electrons. The van der Waals surface area contributed by atoms with Gasteiger partial charge in [-0.05, 0) is 12.1 Å². The summed E-state index contributed by atoms with van der Waals surface area (Å²) in [5.41, 5.74) is -1.85. The average molecular weight is 312 g/mol. The highest BCUT2D eigenvalue weighted by atomic mass is 19.2. The number of nitro benzene ring substituents is 1. The molecule has 9 heteroatoms. The molecule has 0 aliphatic rings. The maximum atomic E-state index is 13.6. The summed E-state index contributed by atoms with van der Waals surface area (Å²) < 4.78 is 58.5. The van der Waals surface area contributed by atoms with E-state index < -0.39 is 45.2 Å². The minimum absolute atomic E-state index is 0.155. The van der Waals surface area contributed by atoms with Crippen molar-refractivity contribution < 1.29 is 27.2 Å². The Morgan fingerprint density at radius 2 is 1.77 bits per heavy atom. The van der Waals surface area contributed by atoms with Crippen LogP contribution in [0.25, 0.3) is 0 Å². The van der Waals surface area contributed by atoms with E-state index in [2.05, 4.69) is 0 Å². The van der Waals surface area contributed by atoms with E-state index in [0.717, 1.165) is 18.2 Å². The van der Waals surface area contributed by atoms with Crippen molar-refractivity contribution in [2.75, 3.05) is 0 Å². The fraction of sp³-hybridized carbons (Fsp3) is 0. The first-order valence-electron chi connectivity index (χ1n) is 5.54. The molecule has 0 aromatic heterocycles. The van der Waals surface area contributed by atoms with Crippen molar-refractivity contribution in [3.05, 3.63) is 63.2 Å². The first kappa shape index (κ1) is 15.2. The molecule has 2 rings (SSSR count). The Labute approximate surface area is 120 Å². The van der Waals surface area contributed by atoms with Crippen molar-refractivity contribution in [1.82, 2.24) is 0 Å². The van der Waals surface area contributed by atoms with E-state index in [1.165, 1.54) is 6.07 Å². The van der Waals surface area contributed by atoms with Gasteiger partial charge in [0.1, 0.15) is 17.6 Å². The fourth-order valence-corrected chi connectivity index (χ4v) is 1.56. The van der Waals surface area contributed by atoms with Crippen LogP contribution in [-0.4, -0.2) is 4.92 Å². The lowest BCUT2D eigenvalue weighted by Gasteiger charge is -2.09. The molecule has 0 aliphatic carbocycles. The molecule has 0 heterocycles. The first-order chi connectivity index (χ1) is 10.3. The van der Waals surface area contributed by atoms with Gasteiger partial charge in [-0.3, -0.25) is 10.1 Å². The number of hydrogen-bond donors (Lipinski definition) is 0. The molecule has 2 aromatic carbocycles. The molecule has 0 aliphatic heterocycles. The van der Waals surface area contributed by atoms with Crippen molar-refractivity contribution in [3.8, 4) is 17.6 Å². The number of nitro groups is 1. The smallest absolute Gasteiger partial charge is 0.311 e. The van der Waals surface area contributed by atoms with E-state index in [9.17, 15) is 27.7 Å². The summed E-state index contributed by atoms with van der Waals surface area (Å²) in [6.45, 7) is 0. The van der Waals surface area contributed by atoms with Crippen LogP contribution in [0.2, 0.25) is 0 Å². The third-order valence-corrected chi connectivity index (χ3v) is 2.57. The minimum atomic E-state index is -1.91. The van der Waals surface area contributed by atoms with Gasteiger partial charge in [-0.2, -0.15) is 14.0 Å². The Kier molecular flexibility index (Phi) is 3.94. The van der Waals surface area contributed by atoms with Gasteiger partial charge < -0.3 is 4.74 Å². The summed E-state index contributed by atoms with van der Waals surface area (Å²) in [6.07, 6.45) is 0. The number of halogens is 4. The number of hydrogen-bond acceptors (Lipinski definition) is 4. The molecule has 0 fully saturated rings. The minimum Gasteiger partial charge on any atom is -0.451 e. The van der Waals surface area contributed by atoms with E-state index in [-0.39, 0.29) is 11.8 Å². The molecule has 0 amide bonds. The predicted octanol–water partition coefficient (Wildman–Crippen LogP) is 3.82. The Balaban J connectivity index is 2.49. The lowest BCUT2D eigenvalue weighted by Crippen LogP contribution is -2.01. The normalized spacial score (nSPS) is 10.1. The Morgan fingerprint density at radius 1 is 1.09 bits per heavy atom. The van der Waals surface area contributed by atoms with E-state index in [4.69, 9.17) is 10.00 Å². The van der Waals surface area contributed by atoms with Gasteiger partial charge in [-0.25, -0.2) is 8.78 Å². The topological polar surface area (TPSA) is 76.2 Å². The van der Waals surface area contributed by atoms with E-state index >= 15 is 0 Å². The number of ether oxygens (including phenoxy) is 1. The van der Waals surface area contributed by atoms with Crippen LogP contribution < -0.4 is 4.74 Å². The van der Waals surface area contributed by atoms with Gasteiger partial charge in [0.2, 0.25) is 17.4 Å². The molecule has 0 bridgehead atoms. The highest BCUT2D eigenvalue weighted by Gasteiger charge is 2.27. The standard InChI is InChI=1S/C13H4F4N2O3/c14-8-2-1-7(3-6(8)5-18)22-13-9(15)4-10(19(20)21)11(16)12(13)17/h1-4H. The Bertz CT molecular complexity index is 818. The quantitative estimate of drug-likeness (QED) is 0.374. The van der Waals surface area contributed by atoms with E-state index in [1.807, 2.05) is 0 Å². The second kappa shape index (κ2) is 5.69.